The van der Waals surface area contributed by atoms with Gasteiger partial charge in [0.05, 0.1) is 22.6 Å². The lowest BCUT2D eigenvalue weighted by molar-refractivity contribution is -0.138. The molecule has 2 aromatic rings. The highest BCUT2D eigenvalue weighted by molar-refractivity contribution is 8.00. The van der Waals surface area contributed by atoms with Gasteiger partial charge < -0.3 is 9.80 Å². The van der Waals surface area contributed by atoms with E-state index < -0.39 is 17.3 Å². The van der Waals surface area contributed by atoms with Crippen molar-refractivity contribution in [1.29, 1.82) is 5.26 Å². The van der Waals surface area contributed by atoms with E-state index in [1.165, 1.54) is 0 Å². The number of amides is 1. The average Bonchev–Trinajstić information content (AvgIpc) is 2.71. The maximum atomic E-state index is 13.6. The first-order valence-corrected chi connectivity index (χ1v) is 10.4. The van der Waals surface area contributed by atoms with E-state index >= 15 is 0 Å². The highest BCUT2D eigenvalue weighted by Gasteiger charge is 2.36. The number of aromatic nitrogens is 1. The van der Waals surface area contributed by atoms with Crippen molar-refractivity contribution < 1.29 is 18.0 Å². The number of benzene rings is 1. The molecule has 0 N–H and O–H groups in total. The largest absolute Gasteiger partial charge is 0.417 e. The third kappa shape index (κ3) is 5.25. The predicted octanol–water partition coefficient (Wildman–Crippen LogP) is 4.16. The van der Waals surface area contributed by atoms with Crippen LogP contribution in [0.3, 0.4) is 0 Å². The molecular formula is C20H18ClF3N4OS. The minimum absolute atomic E-state index is 0.0625. The van der Waals surface area contributed by atoms with Crippen LogP contribution in [0.25, 0.3) is 11.3 Å². The zero-order chi connectivity index (χ0) is 21.9. The molecule has 0 unspecified atom stereocenters. The molecule has 0 aliphatic carbocycles. The van der Waals surface area contributed by atoms with Crippen molar-refractivity contribution >= 4 is 29.3 Å². The number of thioether (sulfide) groups is 1. The number of pyridine rings is 1. The van der Waals surface area contributed by atoms with Crippen molar-refractivity contribution in [3.8, 4) is 17.3 Å². The number of alkyl halides is 3. The number of halogens is 4. The first-order valence-electron chi connectivity index (χ1n) is 9.06. The Bertz CT molecular complexity index is 968. The molecule has 1 saturated heterocycles. The summed E-state index contributed by atoms with van der Waals surface area (Å²) in [4.78, 5) is 20.5. The molecule has 1 fully saturated rings. The number of hydrogen-bond donors (Lipinski definition) is 0. The van der Waals surface area contributed by atoms with Gasteiger partial charge in [0.1, 0.15) is 11.1 Å². The topological polar surface area (TPSA) is 60.2 Å². The summed E-state index contributed by atoms with van der Waals surface area (Å²) in [6.45, 7) is 2.60. The van der Waals surface area contributed by atoms with E-state index in [-0.39, 0.29) is 22.4 Å². The molecule has 0 atom stereocenters. The fourth-order valence-corrected chi connectivity index (χ4v) is 4.04. The van der Waals surface area contributed by atoms with Gasteiger partial charge in [-0.15, -0.1) is 0 Å². The van der Waals surface area contributed by atoms with Crippen LogP contribution < -0.4 is 0 Å². The third-order valence-electron chi connectivity index (χ3n) is 4.73. The van der Waals surface area contributed by atoms with Crippen molar-refractivity contribution in [3.05, 3.63) is 46.5 Å². The smallest absolute Gasteiger partial charge is 0.339 e. The molecule has 3 rings (SSSR count). The van der Waals surface area contributed by atoms with Crippen molar-refractivity contribution in [2.24, 2.45) is 0 Å². The lowest BCUT2D eigenvalue weighted by Crippen LogP contribution is -2.47. The van der Waals surface area contributed by atoms with E-state index in [4.69, 9.17) is 11.6 Å². The summed E-state index contributed by atoms with van der Waals surface area (Å²) in [5.74, 6) is -0.281. The molecule has 0 spiro atoms. The molecule has 1 aromatic carbocycles. The number of nitrogens with zero attached hydrogens (tertiary/aromatic N) is 4. The van der Waals surface area contributed by atoms with E-state index in [1.54, 1.807) is 35.2 Å². The maximum Gasteiger partial charge on any atom is 0.417 e. The molecule has 0 radical (unpaired) electrons. The van der Waals surface area contributed by atoms with Crippen molar-refractivity contribution in [1.82, 2.24) is 14.8 Å². The zero-order valence-corrected chi connectivity index (χ0v) is 17.6. The molecular weight excluding hydrogens is 437 g/mol. The van der Waals surface area contributed by atoms with Crippen LogP contribution in [-0.2, 0) is 11.0 Å². The van der Waals surface area contributed by atoms with Crippen LogP contribution in [-0.4, -0.2) is 59.7 Å². The second-order valence-electron chi connectivity index (χ2n) is 6.82. The van der Waals surface area contributed by atoms with Gasteiger partial charge in [-0.25, -0.2) is 4.98 Å². The Kier molecular flexibility index (Phi) is 6.91. The highest BCUT2D eigenvalue weighted by Crippen LogP contribution is 2.38. The van der Waals surface area contributed by atoms with Gasteiger partial charge in [-0.05, 0) is 25.2 Å². The molecule has 0 saturated carbocycles. The lowest BCUT2D eigenvalue weighted by Gasteiger charge is -2.32. The SMILES string of the molecule is CN1CCN(C(=O)CSc2nc(-c3ccc(Cl)cc3)cc(C(F)(F)F)c2C#N)CC1. The number of hydrogen-bond acceptors (Lipinski definition) is 5. The van der Waals surface area contributed by atoms with Crippen LogP contribution in [0.4, 0.5) is 13.2 Å². The van der Waals surface area contributed by atoms with Crippen LogP contribution in [0.15, 0.2) is 35.4 Å². The van der Waals surface area contributed by atoms with Crippen LogP contribution >= 0.6 is 23.4 Å². The number of nitriles is 1. The van der Waals surface area contributed by atoms with E-state index in [2.05, 4.69) is 9.88 Å². The van der Waals surface area contributed by atoms with Gasteiger partial charge in [-0.2, -0.15) is 18.4 Å². The quantitative estimate of drug-likeness (QED) is 0.649. The number of piperazine rings is 1. The van der Waals surface area contributed by atoms with Gasteiger partial charge >= 0.3 is 6.18 Å². The van der Waals surface area contributed by atoms with Gasteiger partial charge in [0.25, 0.3) is 0 Å². The minimum atomic E-state index is -4.73. The molecule has 30 heavy (non-hydrogen) atoms. The molecule has 0 bridgehead atoms. The first kappa shape index (κ1) is 22.4. The highest BCUT2D eigenvalue weighted by atomic mass is 35.5. The van der Waals surface area contributed by atoms with Gasteiger partial charge in [0.15, 0.2) is 0 Å². The Morgan fingerprint density at radius 1 is 1.23 bits per heavy atom. The van der Waals surface area contributed by atoms with E-state index in [9.17, 15) is 23.2 Å². The lowest BCUT2D eigenvalue weighted by atomic mass is 10.1. The number of carbonyl (C=O) groups excluding carboxylic acids is 1. The third-order valence-corrected chi connectivity index (χ3v) is 5.94. The van der Waals surface area contributed by atoms with Gasteiger partial charge in [0.2, 0.25) is 5.91 Å². The second kappa shape index (κ2) is 9.25. The maximum absolute atomic E-state index is 13.6. The van der Waals surface area contributed by atoms with Gasteiger partial charge in [-0.3, -0.25) is 4.79 Å². The molecule has 2 heterocycles. The van der Waals surface area contributed by atoms with Crippen LogP contribution in [0.5, 0.6) is 0 Å². The van der Waals surface area contributed by atoms with Crippen molar-refractivity contribution in [2.45, 2.75) is 11.2 Å². The average molecular weight is 455 g/mol. The molecule has 158 valence electrons. The monoisotopic (exact) mass is 454 g/mol. The van der Waals surface area contributed by atoms with E-state index in [1.807, 2.05) is 7.05 Å². The molecule has 1 aliphatic heterocycles. The Morgan fingerprint density at radius 3 is 2.43 bits per heavy atom. The van der Waals surface area contributed by atoms with Crippen LogP contribution in [0.2, 0.25) is 5.02 Å². The molecule has 5 nitrogen and oxygen atoms in total. The normalized spacial score (nSPS) is 15.1. The minimum Gasteiger partial charge on any atom is -0.339 e. The summed E-state index contributed by atoms with van der Waals surface area (Å²) in [5, 5.41) is 9.71. The second-order valence-corrected chi connectivity index (χ2v) is 8.22. The predicted molar refractivity (Wildman–Crippen MR) is 109 cm³/mol. The van der Waals surface area contributed by atoms with Crippen LogP contribution in [0.1, 0.15) is 11.1 Å². The Labute approximate surface area is 181 Å². The molecule has 1 amide bonds. The molecule has 1 aliphatic rings. The number of likely N-dealkylation sites (N-methyl/N-ethyl adjacent to an activating group) is 1. The fourth-order valence-electron chi connectivity index (χ4n) is 3.00. The van der Waals surface area contributed by atoms with Crippen molar-refractivity contribution in [2.75, 3.05) is 39.0 Å². The van der Waals surface area contributed by atoms with Crippen LogP contribution in [0, 0.1) is 11.3 Å². The summed E-state index contributed by atoms with van der Waals surface area (Å²) in [6, 6.07) is 8.68. The van der Waals surface area contributed by atoms with E-state index in [0.717, 1.165) is 30.9 Å². The Morgan fingerprint density at radius 2 is 1.87 bits per heavy atom. The van der Waals surface area contributed by atoms with Gasteiger partial charge in [-0.1, -0.05) is 35.5 Å². The summed E-state index contributed by atoms with van der Waals surface area (Å²) in [7, 11) is 1.96. The Hall–Kier alpha value is -2.28. The van der Waals surface area contributed by atoms with Gasteiger partial charge in [0, 0.05) is 36.8 Å². The summed E-state index contributed by atoms with van der Waals surface area (Å²) >= 11 is 6.71. The molecule has 1 aromatic heterocycles. The first-order chi connectivity index (χ1) is 14.2. The zero-order valence-electron chi connectivity index (χ0n) is 16.0. The summed E-state index contributed by atoms with van der Waals surface area (Å²) in [6.07, 6.45) is -4.73. The Balaban J connectivity index is 1.91. The summed E-state index contributed by atoms with van der Waals surface area (Å²) < 4.78 is 40.8. The van der Waals surface area contributed by atoms with E-state index in [0.29, 0.717) is 23.7 Å². The number of rotatable bonds is 4. The standard InChI is InChI=1S/C20H18ClF3N4OS/c1-27-6-8-28(9-7-27)18(29)12-30-19-15(11-25)16(20(22,23)24)10-17(26-19)13-2-4-14(21)5-3-13/h2-5,10H,6-9,12H2,1H3. The number of carbonyl (C=O) groups is 1. The fraction of sp³-hybridized carbons (Fsp3) is 0.350. The summed E-state index contributed by atoms with van der Waals surface area (Å²) in [5.41, 5.74) is -1.15. The molecule has 10 heteroatoms. The van der Waals surface area contributed by atoms with Crippen molar-refractivity contribution in [3.63, 3.8) is 0 Å².